The molecule has 4 rings (SSSR count). The molecule has 1 amide bonds. The highest BCUT2D eigenvalue weighted by atomic mass is 16.5. The average Bonchev–Trinajstić information content (AvgIpc) is 2.95. The van der Waals surface area contributed by atoms with E-state index in [1.807, 2.05) is 36.4 Å². The molecular formula is C23H24N4O4. The number of carbonyl (C=O) groups excluding carboxylic acids is 1. The summed E-state index contributed by atoms with van der Waals surface area (Å²) in [7, 11) is 1.67. The van der Waals surface area contributed by atoms with Gasteiger partial charge in [0.05, 0.1) is 17.5 Å². The molecule has 2 heterocycles. The fourth-order valence-corrected chi connectivity index (χ4v) is 4.02. The van der Waals surface area contributed by atoms with Gasteiger partial charge in [-0.05, 0) is 48.2 Å². The Kier molecular flexibility index (Phi) is 5.63. The zero-order valence-corrected chi connectivity index (χ0v) is 17.3. The molecule has 0 unspecified atom stereocenters. The fourth-order valence-electron chi connectivity index (χ4n) is 4.02. The lowest BCUT2D eigenvalue weighted by atomic mass is 9.82. The summed E-state index contributed by atoms with van der Waals surface area (Å²) >= 11 is 0. The van der Waals surface area contributed by atoms with Crippen LogP contribution in [0.1, 0.15) is 12.0 Å². The first kappa shape index (κ1) is 20.8. The second-order valence-electron chi connectivity index (χ2n) is 7.82. The molecule has 0 radical (unpaired) electrons. The topological polar surface area (TPSA) is 123 Å². The van der Waals surface area contributed by atoms with Gasteiger partial charge in [-0.3, -0.25) is 9.36 Å². The second-order valence-corrected chi connectivity index (χ2v) is 7.82. The first-order valence-electron chi connectivity index (χ1n) is 10.2. The standard InChI is InChI=1S/C23H24N4O4/c1-27-19-12-17(7-8-20(19)31-22(27)29)16-5-3-15(4-6-16)11-18(13-24)23(21(25)28)14-26-9-2-10-30-23/h3-8,12,18,26H,2,9-11,14H2,1H3,(H2,25,28)/t18-,23+/m0/s1. The molecule has 3 N–H and O–H groups in total. The number of nitrogens with zero attached hydrogens (tertiary/aromatic N) is 2. The molecule has 0 aliphatic carbocycles. The summed E-state index contributed by atoms with van der Waals surface area (Å²) < 4.78 is 12.5. The van der Waals surface area contributed by atoms with Crippen molar-refractivity contribution in [1.82, 2.24) is 9.88 Å². The summed E-state index contributed by atoms with van der Waals surface area (Å²) in [6, 6.07) is 15.6. The molecule has 1 saturated heterocycles. The van der Waals surface area contributed by atoms with E-state index in [-0.39, 0.29) is 6.54 Å². The number of aryl methyl sites for hydroxylation is 1. The maximum absolute atomic E-state index is 12.3. The molecule has 1 aromatic heterocycles. The Labute approximate surface area is 179 Å². The molecule has 2 atom stereocenters. The number of nitrogens with two attached hydrogens (primary N) is 1. The molecule has 8 heteroatoms. The number of hydrogen-bond acceptors (Lipinski definition) is 6. The number of carbonyl (C=O) groups is 1. The Hall–Kier alpha value is -3.41. The molecule has 31 heavy (non-hydrogen) atoms. The van der Waals surface area contributed by atoms with Crippen LogP contribution in [0.4, 0.5) is 0 Å². The van der Waals surface area contributed by atoms with Crippen molar-refractivity contribution in [3.8, 4) is 17.2 Å². The molecule has 1 aliphatic rings. The minimum absolute atomic E-state index is 0.224. The van der Waals surface area contributed by atoms with Gasteiger partial charge in [-0.1, -0.05) is 30.3 Å². The normalized spacial score (nSPS) is 20.1. The van der Waals surface area contributed by atoms with Gasteiger partial charge >= 0.3 is 5.76 Å². The average molecular weight is 420 g/mol. The molecule has 8 nitrogen and oxygen atoms in total. The van der Waals surface area contributed by atoms with Gasteiger partial charge in [-0.15, -0.1) is 0 Å². The Balaban J connectivity index is 1.59. The predicted octanol–water partition coefficient (Wildman–Crippen LogP) is 1.71. The van der Waals surface area contributed by atoms with Crippen molar-refractivity contribution in [1.29, 1.82) is 5.26 Å². The first-order chi connectivity index (χ1) is 14.9. The van der Waals surface area contributed by atoms with Gasteiger partial charge in [0, 0.05) is 20.2 Å². The second kappa shape index (κ2) is 8.38. The van der Waals surface area contributed by atoms with Crippen molar-refractivity contribution in [2.45, 2.75) is 18.4 Å². The molecule has 160 valence electrons. The number of oxazole rings is 1. The third-order valence-electron chi connectivity index (χ3n) is 5.90. The van der Waals surface area contributed by atoms with Crippen LogP contribution in [0.25, 0.3) is 22.2 Å². The van der Waals surface area contributed by atoms with Crippen LogP contribution in [0, 0.1) is 17.2 Å². The van der Waals surface area contributed by atoms with Crippen molar-refractivity contribution in [3.63, 3.8) is 0 Å². The largest absolute Gasteiger partial charge is 0.419 e. The summed E-state index contributed by atoms with van der Waals surface area (Å²) in [6.07, 6.45) is 1.10. The third-order valence-corrected chi connectivity index (χ3v) is 5.90. The number of nitriles is 1. The maximum Gasteiger partial charge on any atom is 0.419 e. The summed E-state index contributed by atoms with van der Waals surface area (Å²) in [5.41, 5.74) is 8.40. The van der Waals surface area contributed by atoms with Crippen LogP contribution in [-0.2, 0) is 23.0 Å². The van der Waals surface area contributed by atoms with Crippen LogP contribution in [0.15, 0.2) is 51.7 Å². The van der Waals surface area contributed by atoms with Gasteiger partial charge in [-0.2, -0.15) is 5.26 Å². The number of aromatic nitrogens is 1. The van der Waals surface area contributed by atoms with E-state index in [2.05, 4.69) is 11.4 Å². The van der Waals surface area contributed by atoms with E-state index in [1.165, 1.54) is 4.57 Å². The Morgan fingerprint density at radius 3 is 2.74 bits per heavy atom. The molecular weight excluding hydrogens is 396 g/mol. The van der Waals surface area contributed by atoms with Crippen LogP contribution in [0.2, 0.25) is 0 Å². The van der Waals surface area contributed by atoms with E-state index in [9.17, 15) is 14.9 Å². The number of fused-ring (bicyclic) bond motifs is 1. The van der Waals surface area contributed by atoms with Crippen molar-refractivity contribution >= 4 is 17.0 Å². The number of nitrogens with one attached hydrogen (secondary N) is 1. The lowest BCUT2D eigenvalue weighted by Gasteiger charge is -2.33. The zero-order valence-electron chi connectivity index (χ0n) is 17.3. The van der Waals surface area contributed by atoms with Gasteiger partial charge in [0.25, 0.3) is 5.91 Å². The maximum atomic E-state index is 12.3. The lowest BCUT2D eigenvalue weighted by Crippen LogP contribution is -2.57. The number of amides is 1. The van der Waals surface area contributed by atoms with Gasteiger partial charge in [0.15, 0.2) is 11.2 Å². The van der Waals surface area contributed by atoms with Crippen molar-refractivity contribution < 1.29 is 13.9 Å². The summed E-state index contributed by atoms with van der Waals surface area (Å²) in [4.78, 5) is 24.0. The quantitative estimate of drug-likeness (QED) is 0.648. The highest BCUT2D eigenvalue weighted by Crippen LogP contribution is 2.29. The summed E-state index contributed by atoms with van der Waals surface area (Å²) in [5.74, 6) is -1.73. The zero-order chi connectivity index (χ0) is 22.0. The number of rotatable bonds is 5. The van der Waals surface area contributed by atoms with E-state index in [0.29, 0.717) is 25.2 Å². The minimum atomic E-state index is -1.35. The molecule has 1 aliphatic heterocycles. The summed E-state index contributed by atoms with van der Waals surface area (Å²) in [5, 5.41) is 13.0. The highest BCUT2D eigenvalue weighted by Gasteiger charge is 2.46. The van der Waals surface area contributed by atoms with Crippen molar-refractivity contribution in [2.75, 3.05) is 19.7 Å². The molecule has 0 spiro atoms. The number of hydrogen-bond donors (Lipinski definition) is 2. The van der Waals surface area contributed by atoms with Crippen molar-refractivity contribution in [2.24, 2.45) is 18.7 Å². The van der Waals surface area contributed by atoms with Gasteiger partial charge in [-0.25, -0.2) is 4.79 Å². The Morgan fingerprint density at radius 1 is 1.29 bits per heavy atom. The van der Waals surface area contributed by atoms with E-state index in [0.717, 1.165) is 28.6 Å². The molecule has 3 aromatic rings. The van der Waals surface area contributed by atoms with Gasteiger partial charge in [0.2, 0.25) is 0 Å². The van der Waals surface area contributed by atoms with E-state index in [1.54, 1.807) is 13.1 Å². The Bertz CT molecular complexity index is 1200. The van der Waals surface area contributed by atoms with Crippen LogP contribution >= 0.6 is 0 Å². The third kappa shape index (κ3) is 3.85. The van der Waals surface area contributed by atoms with Crippen LogP contribution in [0.3, 0.4) is 0 Å². The number of ether oxygens (including phenoxy) is 1. The molecule has 0 bridgehead atoms. The number of primary amides is 1. The van der Waals surface area contributed by atoms with Gasteiger partial charge < -0.3 is 20.2 Å². The summed E-state index contributed by atoms with van der Waals surface area (Å²) in [6.45, 7) is 1.32. The predicted molar refractivity (Wildman–Crippen MR) is 115 cm³/mol. The first-order valence-corrected chi connectivity index (χ1v) is 10.2. The van der Waals surface area contributed by atoms with E-state index >= 15 is 0 Å². The van der Waals surface area contributed by atoms with E-state index < -0.39 is 23.2 Å². The molecule has 2 aromatic carbocycles. The monoisotopic (exact) mass is 420 g/mol. The van der Waals surface area contributed by atoms with Crippen LogP contribution in [-0.4, -0.2) is 35.8 Å². The fraction of sp³-hybridized carbons (Fsp3) is 0.348. The lowest BCUT2D eigenvalue weighted by molar-refractivity contribution is -0.147. The minimum Gasteiger partial charge on any atom is -0.408 e. The smallest absolute Gasteiger partial charge is 0.408 e. The van der Waals surface area contributed by atoms with Crippen LogP contribution < -0.4 is 16.8 Å². The highest BCUT2D eigenvalue weighted by molar-refractivity contribution is 5.85. The SMILES string of the molecule is Cn1c(=O)oc2ccc(-c3ccc(C[C@@H](C#N)[C@@]4(C(N)=O)CNCCCO4)cc3)cc21. The Morgan fingerprint density at radius 2 is 2.03 bits per heavy atom. The molecule has 1 fully saturated rings. The number of benzene rings is 2. The van der Waals surface area contributed by atoms with Gasteiger partial charge in [0.1, 0.15) is 0 Å². The van der Waals surface area contributed by atoms with Crippen molar-refractivity contribution in [3.05, 3.63) is 58.6 Å². The van der Waals surface area contributed by atoms with Crippen LogP contribution in [0.5, 0.6) is 0 Å². The molecule has 0 saturated carbocycles. The van der Waals surface area contributed by atoms with E-state index in [4.69, 9.17) is 14.9 Å².